The lowest BCUT2D eigenvalue weighted by atomic mass is 9.89. The number of nitrogens with zero attached hydrogens (tertiary/aromatic N) is 2. The zero-order valence-corrected chi connectivity index (χ0v) is 14.6. The van der Waals surface area contributed by atoms with Gasteiger partial charge in [0.2, 0.25) is 0 Å². The Morgan fingerprint density at radius 3 is 2.43 bits per heavy atom. The minimum Gasteiger partial charge on any atom is -0.493 e. The van der Waals surface area contributed by atoms with Crippen LogP contribution in [0.15, 0.2) is 6.20 Å². The highest BCUT2D eigenvalue weighted by Gasteiger charge is 2.38. The van der Waals surface area contributed by atoms with Crippen LogP contribution in [0.2, 0.25) is 0 Å². The van der Waals surface area contributed by atoms with Crippen LogP contribution in [0.1, 0.15) is 65.7 Å². The minimum absolute atomic E-state index is 0.0345. The van der Waals surface area contributed by atoms with Crippen molar-refractivity contribution in [3.63, 3.8) is 0 Å². The maximum atomic E-state index is 6.09. The minimum atomic E-state index is -0.301. The highest BCUT2D eigenvalue weighted by atomic mass is 16.5. The molecule has 0 aliphatic heterocycles. The van der Waals surface area contributed by atoms with E-state index in [0.29, 0.717) is 6.61 Å². The summed E-state index contributed by atoms with van der Waals surface area (Å²) in [5.41, 5.74) is 0.761. The van der Waals surface area contributed by atoms with Crippen molar-refractivity contribution in [1.82, 2.24) is 15.1 Å². The Balaban J connectivity index is 3.36. The van der Waals surface area contributed by atoms with Crippen molar-refractivity contribution in [2.75, 3.05) is 20.3 Å². The van der Waals surface area contributed by atoms with E-state index in [-0.39, 0.29) is 17.7 Å². The number of methoxy groups -OCH3 is 1. The molecule has 0 aliphatic carbocycles. The average molecular weight is 297 g/mol. The molecular formula is C16H31N3O2. The zero-order chi connectivity index (χ0) is 16.0. The van der Waals surface area contributed by atoms with E-state index in [4.69, 9.17) is 9.47 Å². The lowest BCUT2D eigenvalue weighted by Crippen LogP contribution is -2.45. The zero-order valence-electron chi connectivity index (χ0n) is 14.6. The molecule has 5 nitrogen and oxygen atoms in total. The molecule has 1 rings (SSSR count). The van der Waals surface area contributed by atoms with Gasteiger partial charge in [-0.15, -0.1) is 0 Å². The molecule has 1 N–H and O–H groups in total. The Morgan fingerprint density at radius 2 is 2.00 bits per heavy atom. The van der Waals surface area contributed by atoms with E-state index in [1.165, 1.54) is 0 Å². The molecule has 0 amide bonds. The first kappa shape index (κ1) is 18.0. The van der Waals surface area contributed by atoms with Crippen molar-refractivity contribution in [3.05, 3.63) is 11.9 Å². The fraction of sp³-hybridized carbons (Fsp3) is 0.812. The highest BCUT2D eigenvalue weighted by Crippen LogP contribution is 2.37. The van der Waals surface area contributed by atoms with E-state index in [0.717, 1.165) is 24.4 Å². The standard InChI is InChI=1S/C16H31N3O2/c1-8-16(6,21-10-3)15(17-9-2)14-13(20-7)11-18-19(14)12(4)5/h11-12,15,17H,8-10H2,1-7H3. The van der Waals surface area contributed by atoms with Gasteiger partial charge in [-0.2, -0.15) is 5.10 Å². The molecule has 0 saturated heterocycles. The average Bonchev–Trinajstić information content (AvgIpc) is 2.88. The number of hydrogen-bond donors (Lipinski definition) is 1. The summed E-state index contributed by atoms with van der Waals surface area (Å²) in [6, 6.07) is 0.306. The molecule has 0 aliphatic rings. The van der Waals surface area contributed by atoms with Crippen molar-refractivity contribution >= 4 is 0 Å². The summed E-state index contributed by atoms with van der Waals surface area (Å²) < 4.78 is 13.7. The maximum Gasteiger partial charge on any atom is 0.161 e. The molecule has 0 saturated carbocycles. The van der Waals surface area contributed by atoms with Gasteiger partial charge in [0.05, 0.1) is 24.9 Å². The number of ether oxygens (including phenoxy) is 2. The van der Waals surface area contributed by atoms with Crippen LogP contribution >= 0.6 is 0 Å². The molecule has 5 heteroatoms. The Bertz CT molecular complexity index is 431. The molecule has 1 heterocycles. The van der Waals surface area contributed by atoms with Gasteiger partial charge >= 0.3 is 0 Å². The van der Waals surface area contributed by atoms with E-state index in [2.05, 4.69) is 45.0 Å². The van der Waals surface area contributed by atoms with Crippen LogP contribution in [0.4, 0.5) is 0 Å². The summed E-state index contributed by atoms with van der Waals surface area (Å²) >= 11 is 0. The predicted octanol–water partition coefficient (Wildman–Crippen LogP) is 3.33. The second-order valence-electron chi connectivity index (χ2n) is 5.73. The Hall–Kier alpha value is -1.07. The van der Waals surface area contributed by atoms with E-state index in [1.807, 2.05) is 11.6 Å². The van der Waals surface area contributed by atoms with Crippen molar-refractivity contribution in [3.8, 4) is 5.75 Å². The summed E-state index contributed by atoms with van der Waals surface area (Å²) in [4.78, 5) is 0. The van der Waals surface area contributed by atoms with Gasteiger partial charge in [-0.05, 0) is 40.7 Å². The molecule has 0 spiro atoms. The molecule has 2 unspecified atom stereocenters. The summed E-state index contributed by atoms with van der Waals surface area (Å²) in [6.07, 6.45) is 2.70. The molecule has 0 bridgehead atoms. The summed E-state index contributed by atoms with van der Waals surface area (Å²) in [5.74, 6) is 0.814. The molecule has 122 valence electrons. The lowest BCUT2D eigenvalue weighted by molar-refractivity contribution is -0.0585. The van der Waals surface area contributed by atoms with Crippen LogP contribution in [0.25, 0.3) is 0 Å². The van der Waals surface area contributed by atoms with E-state index in [9.17, 15) is 0 Å². The second kappa shape index (κ2) is 7.80. The Morgan fingerprint density at radius 1 is 1.33 bits per heavy atom. The first-order valence-corrected chi connectivity index (χ1v) is 7.93. The summed E-state index contributed by atoms with van der Waals surface area (Å²) in [5, 5.41) is 8.06. The van der Waals surface area contributed by atoms with Gasteiger partial charge in [-0.3, -0.25) is 4.68 Å². The molecular weight excluding hydrogens is 266 g/mol. The first-order valence-electron chi connectivity index (χ1n) is 7.93. The third-order valence-electron chi connectivity index (χ3n) is 3.98. The number of likely N-dealkylation sites (N-methyl/N-ethyl adjacent to an activating group) is 1. The Kier molecular flexibility index (Phi) is 6.68. The molecule has 0 aromatic carbocycles. The monoisotopic (exact) mass is 297 g/mol. The molecule has 0 fully saturated rings. The first-order chi connectivity index (χ1) is 9.95. The number of rotatable bonds is 9. The smallest absolute Gasteiger partial charge is 0.161 e. The summed E-state index contributed by atoms with van der Waals surface area (Å²) in [7, 11) is 1.69. The number of aromatic nitrogens is 2. The van der Waals surface area contributed by atoms with Crippen LogP contribution in [-0.2, 0) is 4.74 Å². The highest BCUT2D eigenvalue weighted by molar-refractivity contribution is 5.31. The van der Waals surface area contributed by atoms with E-state index in [1.54, 1.807) is 13.3 Å². The largest absolute Gasteiger partial charge is 0.493 e. The van der Waals surface area contributed by atoms with Crippen LogP contribution in [0, 0.1) is 0 Å². The SMILES string of the molecule is CCNC(c1c(OC)cnn1C(C)C)C(C)(CC)OCC. The third-order valence-corrected chi connectivity index (χ3v) is 3.98. The topological polar surface area (TPSA) is 48.3 Å². The van der Waals surface area contributed by atoms with E-state index >= 15 is 0 Å². The van der Waals surface area contributed by atoms with Gasteiger partial charge < -0.3 is 14.8 Å². The molecule has 1 aromatic heterocycles. The van der Waals surface area contributed by atoms with Gasteiger partial charge in [0.15, 0.2) is 5.75 Å². The van der Waals surface area contributed by atoms with Gasteiger partial charge in [0.25, 0.3) is 0 Å². The van der Waals surface area contributed by atoms with Crippen LogP contribution in [0.5, 0.6) is 5.75 Å². The van der Waals surface area contributed by atoms with Gasteiger partial charge in [-0.1, -0.05) is 13.8 Å². The van der Waals surface area contributed by atoms with Crippen LogP contribution in [0.3, 0.4) is 0 Å². The number of nitrogens with one attached hydrogen (secondary N) is 1. The summed E-state index contributed by atoms with van der Waals surface area (Å²) in [6.45, 7) is 14.3. The van der Waals surface area contributed by atoms with Gasteiger partial charge in [0, 0.05) is 12.6 Å². The number of hydrogen-bond acceptors (Lipinski definition) is 4. The van der Waals surface area contributed by atoms with Crippen LogP contribution < -0.4 is 10.1 Å². The van der Waals surface area contributed by atoms with Gasteiger partial charge in [0.1, 0.15) is 5.69 Å². The molecule has 1 aromatic rings. The fourth-order valence-electron chi connectivity index (χ4n) is 2.72. The quantitative estimate of drug-likeness (QED) is 0.759. The maximum absolute atomic E-state index is 6.09. The van der Waals surface area contributed by atoms with Crippen molar-refractivity contribution in [1.29, 1.82) is 0 Å². The second-order valence-corrected chi connectivity index (χ2v) is 5.73. The van der Waals surface area contributed by atoms with Crippen molar-refractivity contribution < 1.29 is 9.47 Å². The molecule has 2 atom stereocenters. The molecule has 0 radical (unpaired) electrons. The lowest BCUT2D eigenvalue weighted by Gasteiger charge is -2.38. The van der Waals surface area contributed by atoms with Crippen LogP contribution in [-0.4, -0.2) is 35.6 Å². The van der Waals surface area contributed by atoms with Gasteiger partial charge in [-0.25, -0.2) is 0 Å². The van der Waals surface area contributed by atoms with Crippen molar-refractivity contribution in [2.45, 2.75) is 65.6 Å². The fourth-order valence-corrected chi connectivity index (χ4v) is 2.72. The molecule has 21 heavy (non-hydrogen) atoms. The van der Waals surface area contributed by atoms with E-state index < -0.39 is 0 Å². The van der Waals surface area contributed by atoms with Crippen molar-refractivity contribution in [2.24, 2.45) is 0 Å². The Labute approximate surface area is 129 Å². The third kappa shape index (κ3) is 3.77. The predicted molar refractivity (Wildman–Crippen MR) is 85.9 cm³/mol. The normalized spacial score (nSPS) is 16.0.